The molecular formula is C22H28IN3O4. The van der Waals surface area contributed by atoms with E-state index >= 15 is 0 Å². The fourth-order valence-electron chi connectivity index (χ4n) is 3.29. The van der Waals surface area contributed by atoms with E-state index < -0.39 is 11.2 Å². The smallest absolute Gasteiger partial charge is 0.410 e. The molecule has 1 fully saturated rings. The minimum Gasteiger partial charge on any atom is -0.503 e. The molecule has 1 saturated heterocycles. The van der Waals surface area contributed by atoms with Crippen molar-refractivity contribution in [3.63, 3.8) is 0 Å². The summed E-state index contributed by atoms with van der Waals surface area (Å²) in [4.78, 5) is 28.6. The molecular weight excluding hydrogens is 497 g/mol. The fourth-order valence-corrected chi connectivity index (χ4v) is 3.65. The third-order valence-corrected chi connectivity index (χ3v) is 5.63. The van der Waals surface area contributed by atoms with Crippen LogP contribution in [0.1, 0.15) is 31.9 Å². The number of amides is 1. The number of carbonyl (C=O) groups is 1. The van der Waals surface area contributed by atoms with Gasteiger partial charge in [-0.2, -0.15) is 0 Å². The quantitative estimate of drug-likeness (QED) is 0.621. The molecule has 0 unspecified atom stereocenters. The number of aromatic nitrogens is 1. The number of ether oxygens (including phenoxy) is 1. The van der Waals surface area contributed by atoms with E-state index in [4.69, 9.17) is 4.74 Å². The molecule has 0 aliphatic carbocycles. The largest absolute Gasteiger partial charge is 0.503 e. The molecule has 1 amide bonds. The first-order chi connectivity index (χ1) is 14.1. The number of hydrogen-bond acceptors (Lipinski definition) is 5. The van der Waals surface area contributed by atoms with Gasteiger partial charge in [-0.15, -0.1) is 0 Å². The van der Waals surface area contributed by atoms with Crippen molar-refractivity contribution in [1.29, 1.82) is 0 Å². The van der Waals surface area contributed by atoms with E-state index in [1.54, 1.807) is 17.2 Å². The number of benzene rings is 1. The fraction of sp³-hybridized carbons (Fsp3) is 0.455. The Labute approximate surface area is 190 Å². The van der Waals surface area contributed by atoms with Gasteiger partial charge in [0.05, 0.1) is 6.54 Å². The molecule has 1 N–H and O–H groups in total. The summed E-state index contributed by atoms with van der Waals surface area (Å²) in [6.07, 6.45) is 1.43. The molecule has 0 saturated carbocycles. The Kier molecular flexibility index (Phi) is 7.07. The first-order valence-electron chi connectivity index (χ1n) is 9.98. The second-order valence-corrected chi connectivity index (χ2v) is 9.74. The topological polar surface area (TPSA) is 75.0 Å². The molecule has 1 aromatic heterocycles. The van der Waals surface area contributed by atoms with Crippen LogP contribution in [0.3, 0.4) is 0 Å². The SMILES string of the molecule is CC(C)(C)OC(=O)N1CCN(Cc2ccn(Cc3ccc(I)cc3)c(=O)c2O)CC1. The molecule has 0 radical (unpaired) electrons. The number of carbonyl (C=O) groups excluding carboxylic acids is 1. The van der Waals surface area contributed by atoms with Crippen molar-refractivity contribution >= 4 is 28.7 Å². The Bertz CT molecular complexity index is 942. The number of halogens is 1. The average molecular weight is 525 g/mol. The lowest BCUT2D eigenvalue weighted by Gasteiger charge is -2.35. The lowest BCUT2D eigenvalue weighted by Crippen LogP contribution is -2.49. The van der Waals surface area contributed by atoms with Gasteiger partial charge in [0, 0.05) is 48.1 Å². The van der Waals surface area contributed by atoms with Crippen LogP contribution in [-0.2, 0) is 17.8 Å². The zero-order valence-corrected chi connectivity index (χ0v) is 19.8. The Morgan fingerprint density at radius 1 is 1.07 bits per heavy atom. The molecule has 162 valence electrons. The van der Waals surface area contributed by atoms with Gasteiger partial charge in [-0.05, 0) is 67.1 Å². The summed E-state index contributed by atoms with van der Waals surface area (Å²) in [6, 6.07) is 9.73. The van der Waals surface area contributed by atoms with Crippen molar-refractivity contribution < 1.29 is 14.6 Å². The van der Waals surface area contributed by atoms with E-state index in [1.165, 1.54) is 4.57 Å². The van der Waals surface area contributed by atoms with Crippen molar-refractivity contribution in [2.45, 2.75) is 39.5 Å². The van der Waals surface area contributed by atoms with E-state index in [1.807, 2.05) is 45.0 Å². The van der Waals surface area contributed by atoms with Gasteiger partial charge in [0.2, 0.25) is 0 Å². The van der Waals surface area contributed by atoms with E-state index in [2.05, 4.69) is 27.5 Å². The molecule has 7 nitrogen and oxygen atoms in total. The van der Waals surface area contributed by atoms with Gasteiger partial charge >= 0.3 is 6.09 Å². The van der Waals surface area contributed by atoms with E-state index in [0.717, 1.165) is 9.13 Å². The first-order valence-corrected chi connectivity index (χ1v) is 11.1. The van der Waals surface area contributed by atoms with Gasteiger partial charge in [0.1, 0.15) is 5.60 Å². The van der Waals surface area contributed by atoms with Gasteiger partial charge in [0.25, 0.3) is 5.56 Å². The lowest BCUT2D eigenvalue weighted by molar-refractivity contribution is 0.0138. The van der Waals surface area contributed by atoms with Gasteiger partial charge in [-0.25, -0.2) is 4.79 Å². The molecule has 1 aliphatic rings. The Morgan fingerprint density at radius 2 is 1.70 bits per heavy atom. The molecule has 0 bridgehead atoms. The summed E-state index contributed by atoms with van der Waals surface area (Å²) in [5, 5.41) is 10.5. The van der Waals surface area contributed by atoms with Crippen LogP contribution in [0.5, 0.6) is 5.75 Å². The third kappa shape index (κ3) is 5.98. The molecule has 1 aromatic carbocycles. The minimum atomic E-state index is -0.512. The number of rotatable bonds is 4. The van der Waals surface area contributed by atoms with Crippen LogP contribution in [0, 0.1) is 3.57 Å². The Balaban J connectivity index is 1.60. The Morgan fingerprint density at radius 3 is 2.30 bits per heavy atom. The first kappa shape index (κ1) is 22.6. The second kappa shape index (κ2) is 9.38. The molecule has 8 heteroatoms. The van der Waals surface area contributed by atoms with Crippen molar-refractivity contribution in [2.24, 2.45) is 0 Å². The van der Waals surface area contributed by atoms with E-state index in [-0.39, 0.29) is 11.8 Å². The van der Waals surface area contributed by atoms with Crippen molar-refractivity contribution in [1.82, 2.24) is 14.4 Å². The third-order valence-electron chi connectivity index (χ3n) is 4.91. The van der Waals surface area contributed by atoms with E-state index in [9.17, 15) is 14.7 Å². The van der Waals surface area contributed by atoms with Crippen molar-refractivity contribution in [2.75, 3.05) is 26.2 Å². The van der Waals surface area contributed by atoms with Gasteiger partial charge in [0.15, 0.2) is 5.75 Å². The van der Waals surface area contributed by atoms with Crippen LogP contribution in [0.15, 0.2) is 41.3 Å². The molecule has 0 atom stereocenters. The van der Waals surface area contributed by atoms with Crippen LogP contribution in [0.2, 0.25) is 0 Å². The zero-order valence-electron chi connectivity index (χ0n) is 17.6. The maximum atomic E-state index is 12.6. The van der Waals surface area contributed by atoms with Gasteiger partial charge in [-0.3, -0.25) is 9.69 Å². The molecule has 30 heavy (non-hydrogen) atoms. The van der Waals surface area contributed by atoms with Crippen LogP contribution in [0.4, 0.5) is 4.79 Å². The monoisotopic (exact) mass is 525 g/mol. The standard InChI is InChI=1S/C22H28IN3O4/c1-22(2,3)30-21(29)25-12-10-24(11-13-25)15-17-8-9-26(20(28)19(17)27)14-16-4-6-18(23)7-5-16/h4-9,27H,10-15H2,1-3H3. The van der Waals surface area contributed by atoms with Crippen molar-refractivity contribution in [3.8, 4) is 5.75 Å². The summed E-state index contributed by atoms with van der Waals surface area (Å²) >= 11 is 2.24. The summed E-state index contributed by atoms with van der Waals surface area (Å²) in [5.74, 6) is -0.211. The highest BCUT2D eigenvalue weighted by molar-refractivity contribution is 14.1. The number of piperazine rings is 1. The van der Waals surface area contributed by atoms with Crippen LogP contribution >= 0.6 is 22.6 Å². The molecule has 0 spiro atoms. The maximum absolute atomic E-state index is 12.6. The van der Waals surface area contributed by atoms with E-state index in [0.29, 0.717) is 44.8 Å². The summed E-state index contributed by atoms with van der Waals surface area (Å²) in [6.45, 7) is 8.86. The molecule has 2 aromatic rings. The lowest BCUT2D eigenvalue weighted by atomic mass is 10.2. The second-order valence-electron chi connectivity index (χ2n) is 8.49. The molecule has 2 heterocycles. The summed E-state index contributed by atoms with van der Waals surface area (Å²) < 4.78 is 8.07. The minimum absolute atomic E-state index is 0.211. The van der Waals surface area contributed by atoms with Gasteiger partial charge in [-0.1, -0.05) is 12.1 Å². The van der Waals surface area contributed by atoms with Crippen molar-refractivity contribution in [3.05, 3.63) is 61.6 Å². The Hall–Kier alpha value is -2.07. The summed E-state index contributed by atoms with van der Waals surface area (Å²) in [5.41, 5.74) is 0.702. The normalized spacial score (nSPS) is 15.3. The van der Waals surface area contributed by atoms with Gasteiger partial charge < -0.3 is 19.3 Å². The van der Waals surface area contributed by atoms with Crippen LogP contribution < -0.4 is 5.56 Å². The predicted molar refractivity (Wildman–Crippen MR) is 124 cm³/mol. The average Bonchev–Trinajstić information content (AvgIpc) is 2.68. The highest BCUT2D eigenvalue weighted by atomic mass is 127. The number of nitrogens with zero attached hydrogens (tertiary/aromatic N) is 3. The zero-order chi connectivity index (χ0) is 21.9. The molecule has 3 rings (SSSR count). The number of hydrogen-bond donors (Lipinski definition) is 1. The highest BCUT2D eigenvalue weighted by Crippen LogP contribution is 2.17. The predicted octanol–water partition coefficient (Wildman–Crippen LogP) is 3.26. The number of aromatic hydroxyl groups is 1. The van der Waals surface area contributed by atoms with Crippen LogP contribution in [0.25, 0.3) is 0 Å². The maximum Gasteiger partial charge on any atom is 0.410 e. The summed E-state index contributed by atoms with van der Waals surface area (Å²) in [7, 11) is 0. The molecule has 1 aliphatic heterocycles. The number of pyridine rings is 1. The van der Waals surface area contributed by atoms with Crippen LogP contribution in [-0.4, -0.2) is 57.3 Å². The highest BCUT2D eigenvalue weighted by Gasteiger charge is 2.26.